The highest BCUT2D eigenvalue weighted by Gasteiger charge is 2.22. The first-order valence-corrected chi connectivity index (χ1v) is 47.9. The van der Waals surface area contributed by atoms with E-state index in [1.807, 2.05) is 334 Å². The van der Waals surface area contributed by atoms with Crippen LogP contribution in [0.4, 0.5) is 0 Å². The highest BCUT2D eigenvalue weighted by atomic mass is 35.5. The summed E-state index contributed by atoms with van der Waals surface area (Å²) in [5.41, 5.74) is 21.7. The minimum absolute atomic E-state index is 0.231. The molecule has 7 aromatic heterocycles. The van der Waals surface area contributed by atoms with Gasteiger partial charge >= 0.3 is 0 Å². The Balaban J connectivity index is 0.000000167. The standard InChI is InChI=1S/2C24H28N2O2.C23H25ClN2O2.2C23H27N3O2/c1-19-10-12-24(13-11-19)28-18-23(27)17-26(15-21-7-4-3-5-8-21)16-22-9-6-14-25-20(22)2;1-19-8-10-24(11-9-19)28-18-23(27)17-26(15-21-6-4-3-5-7-21)16-22-14-25-13-12-20(22)2;1-18-8-10-22(11-9-18)28-17-21(27)16-26(14-19-5-4-12-25-13-19)15-20-6-2-3-7-23(20)24;1-18-7-9-23(10-8-18)28-17-22(27)16-26(14-20-5-3-11-24-13-20)15-21-6-4-12-25-19(21)2;1-18-5-7-23(8-6-18)28-17-22(27)16-26(14-20-4-3-10-24-12-20)15-21-13-25-11-9-19(21)2/h2*3-14,23,27H,15-18H2,1-2H3;2-13,21,27H,14-17H2,1H3;2*3-13,22,27H,14-17H2,1-2H3. The van der Waals surface area contributed by atoms with Crippen LogP contribution in [0.15, 0.2) is 353 Å². The van der Waals surface area contributed by atoms with Crippen molar-refractivity contribution in [2.75, 3.05) is 65.8 Å². The Labute approximate surface area is 832 Å². The molecule has 0 aliphatic rings. The number of aromatic nitrogens is 7. The monoisotopic (exact) mass is 1900 g/mol. The molecule has 0 aliphatic carbocycles. The van der Waals surface area contributed by atoms with Crippen molar-refractivity contribution in [3.8, 4) is 28.7 Å². The summed E-state index contributed by atoms with van der Waals surface area (Å²) in [5.74, 6) is 3.86. The Kier molecular flexibility index (Phi) is 45.3. The maximum absolute atomic E-state index is 10.6. The van der Waals surface area contributed by atoms with E-state index in [0.717, 1.165) is 105 Å². The molecule has 15 rings (SSSR count). The molecule has 0 radical (unpaired) electrons. The van der Waals surface area contributed by atoms with Gasteiger partial charge in [-0.1, -0.05) is 209 Å². The number of aliphatic hydroxyl groups excluding tert-OH is 5. The maximum atomic E-state index is 10.6. The lowest BCUT2D eigenvalue weighted by Gasteiger charge is -2.26. The Hall–Kier alpha value is -13.3. The lowest BCUT2D eigenvalue weighted by Crippen LogP contribution is -2.35. The highest BCUT2D eigenvalue weighted by molar-refractivity contribution is 6.31. The number of halogens is 1. The van der Waals surface area contributed by atoms with E-state index >= 15 is 0 Å². The zero-order valence-corrected chi connectivity index (χ0v) is 82.8. The fraction of sp³-hybridized carbons (Fsp3) is 0.291. The molecule has 140 heavy (non-hydrogen) atoms. The van der Waals surface area contributed by atoms with E-state index < -0.39 is 30.5 Å². The second kappa shape index (κ2) is 59.2. The molecule has 23 heteroatoms. The predicted octanol–water partition coefficient (Wildman–Crippen LogP) is 19.8. The fourth-order valence-corrected chi connectivity index (χ4v) is 15.5. The molecule has 8 aromatic carbocycles. The second-order valence-corrected chi connectivity index (χ2v) is 35.9. The van der Waals surface area contributed by atoms with Crippen LogP contribution >= 0.6 is 11.6 Å². The Morgan fingerprint density at radius 3 is 0.729 bits per heavy atom. The van der Waals surface area contributed by atoms with Gasteiger partial charge in [0.2, 0.25) is 0 Å². The van der Waals surface area contributed by atoms with Gasteiger partial charge in [0.25, 0.3) is 0 Å². The first kappa shape index (κ1) is 107. The smallest absolute Gasteiger partial charge is 0.119 e. The molecule has 0 aliphatic heterocycles. The molecule has 0 amide bonds. The average molecular weight is 1900 g/mol. The van der Waals surface area contributed by atoms with Gasteiger partial charge < -0.3 is 49.2 Å². The van der Waals surface area contributed by atoms with Gasteiger partial charge in [-0.2, -0.15) is 0 Å². The van der Waals surface area contributed by atoms with Crippen LogP contribution in [0, 0.1) is 62.3 Å². The van der Waals surface area contributed by atoms with Gasteiger partial charge in [-0.05, 0) is 238 Å². The summed E-state index contributed by atoms with van der Waals surface area (Å²) < 4.78 is 28.7. The number of benzene rings is 8. The SMILES string of the molecule is Cc1ccc(OCC(O)CN(Cc2ccccc2)Cc2cccnc2C)cc1.Cc1ccc(OCC(O)CN(Cc2ccccc2)Cc2cnccc2C)cc1.Cc1ccc(OCC(O)CN(Cc2cccnc2)Cc2ccccc2Cl)cc1.Cc1ccc(OCC(O)CN(Cc2cccnc2)Cc2cccnc2C)cc1.Cc1ccc(OCC(O)CN(Cc2cccnc2)Cc2cnccc2C)cc1. The first-order chi connectivity index (χ1) is 68.0. The number of ether oxygens (including phenoxy) is 5. The summed E-state index contributed by atoms with van der Waals surface area (Å²) in [4.78, 5) is 40.9. The van der Waals surface area contributed by atoms with Crippen LogP contribution in [0.5, 0.6) is 28.7 Å². The lowest BCUT2D eigenvalue weighted by atomic mass is 10.1. The van der Waals surface area contributed by atoms with Crippen LogP contribution in [0.2, 0.25) is 5.02 Å². The fourth-order valence-electron chi connectivity index (χ4n) is 15.3. The summed E-state index contributed by atoms with van der Waals surface area (Å²) in [7, 11) is 0. The number of pyridine rings is 7. The van der Waals surface area contributed by atoms with Gasteiger partial charge in [-0.25, -0.2) is 0 Å². The number of hydrogen-bond acceptors (Lipinski definition) is 22. The average Bonchev–Trinajstić information content (AvgIpc) is 0.879. The van der Waals surface area contributed by atoms with Crippen LogP contribution in [0.3, 0.4) is 0 Å². The van der Waals surface area contributed by atoms with Crippen molar-refractivity contribution < 1.29 is 49.2 Å². The number of hydrogen-bond donors (Lipinski definition) is 5. The molecular weight excluding hydrogens is 1770 g/mol. The van der Waals surface area contributed by atoms with Crippen molar-refractivity contribution in [3.05, 3.63) is 464 Å². The lowest BCUT2D eigenvalue weighted by molar-refractivity contribution is 0.0626. The molecular formula is C117H135ClN12O10. The van der Waals surface area contributed by atoms with Crippen molar-refractivity contribution in [3.63, 3.8) is 0 Å². The van der Waals surface area contributed by atoms with Crippen LogP contribution < -0.4 is 23.7 Å². The minimum atomic E-state index is -0.625. The summed E-state index contributed by atoms with van der Waals surface area (Å²) >= 11 is 6.34. The third kappa shape index (κ3) is 40.6. The molecule has 5 N–H and O–H groups in total. The molecule has 22 nitrogen and oxygen atoms in total. The third-order valence-electron chi connectivity index (χ3n) is 23.0. The Morgan fingerprint density at radius 1 is 0.229 bits per heavy atom. The van der Waals surface area contributed by atoms with E-state index in [-0.39, 0.29) is 33.0 Å². The predicted molar refractivity (Wildman–Crippen MR) is 557 cm³/mol. The summed E-state index contributed by atoms with van der Waals surface area (Å²) in [6, 6.07) is 91.7. The van der Waals surface area contributed by atoms with E-state index in [9.17, 15) is 25.5 Å². The van der Waals surface area contributed by atoms with Gasteiger partial charge in [0.05, 0.1) is 0 Å². The number of aliphatic hydroxyl groups is 5. The van der Waals surface area contributed by atoms with Crippen LogP contribution in [-0.2, 0) is 65.4 Å². The van der Waals surface area contributed by atoms with Crippen molar-refractivity contribution >= 4 is 11.6 Å². The first-order valence-electron chi connectivity index (χ1n) is 47.6. The third-order valence-corrected chi connectivity index (χ3v) is 23.4. The number of nitrogens with zero attached hydrogens (tertiary/aromatic N) is 12. The molecule has 5 unspecified atom stereocenters. The number of aryl methyl sites for hydroxylation is 9. The van der Waals surface area contributed by atoms with E-state index in [0.29, 0.717) is 72.0 Å². The largest absolute Gasteiger partial charge is 0.491 e. The molecule has 15 aromatic rings. The minimum Gasteiger partial charge on any atom is -0.491 e. The molecule has 0 spiro atoms. The van der Waals surface area contributed by atoms with Crippen LogP contribution in [-0.4, -0.2) is 181 Å². The summed E-state index contributed by atoms with van der Waals surface area (Å²) in [6.07, 6.45) is 18.9. The van der Waals surface area contributed by atoms with Gasteiger partial charge in [0, 0.05) is 189 Å². The van der Waals surface area contributed by atoms with Gasteiger partial charge in [-0.15, -0.1) is 0 Å². The van der Waals surface area contributed by atoms with Gasteiger partial charge in [-0.3, -0.25) is 59.4 Å². The quantitative estimate of drug-likeness (QED) is 0.0238. The molecule has 0 bridgehead atoms. The molecule has 5 atom stereocenters. The molecule has 0 fully saturated rings. The van der Waals surface area contributed by atoms with E-state index in [1.165, 1.54) is 61.2 Å². The molecule has 0 saturated carbocycles. The maximum Gasteiger partial charge on any atom is 0.119 e. The van der Waals surface area contributed by atoms with E-state index in [4.69, 9.17) is 35.3 Å². The van der Waals surface area contributed by atoms with E-state index in [2.05, 4.69) is 110 Å². The number of rotatable bonds is 45. The summed E-state index contributed by atoms with van der Waals surface area (Å²) in [5, 5.41) is 53.6. The van der Waals surface area contributed by atoms with E-state index in [1.54, 1.807) is 31.0 Å². The Morgan fingerprint density at radius 2 is 0.464 bits per heavy atom. The second-order valence-electron chi connectivity index (χ2n) is 35.5. The van der Waals surface area contributed by atoms with Crippen molar-refractivity contribution in [1.82, 2.24) is 59.4 Å². The zero-order valence-electron chi connectivity index (χ0n) is 82.0. The van der Waals surface area contributed by atoms with Gasteiger partial charge in [0.15, 0.2) is 0 Å². The normalized spacial score (nSPS) is 12.1. The van der Waals surface area contributed by atoms with Gasteiger partial charge in [0.1, 0.15) is 92.3 Å². The molecule has 730 valence electrons. The summed E-state index contributed by atoms with van der Waals surface area (Å²) in [6.45, 7) is 29.2. The molecule has 0 saturated heterocycles. The Bertz CT molecular complexity index is 5120. The van der Waals surface area contributed by atoms with Crippen LogP contribution in [0.1, 0.15) is 106 Å². The van der Waals surface area contributed by atoms with Crippen molar-refractivity contribution in [2.45, 2.75) is 158 Å². The van der Waals surface area contributed by atoms with Crippen LogP contribution in [0.25, 0.3) is 0 Å². The highest BCUT2D eigenvalue weighted by Crippen LogP contribution is 2.25. The van der Waals surface area contributed by atoms with Crippen molar-refractivity contribution in [2.24, 2.45) is 0 Å². The van der Waals surface area contributed by atoms with Crippen molar-refractivity contribution in [1.29, 1.82) is 0 Å². The topological polar surface area (TPSA) is 254 Å². The molecule has 7 heterocycles. The zero-order chi connectivity index (χ0) is 98.8.